The van der Waals surface area contributed by atoms with Crippen molar-refractivity contribution in [2.45, 2.75) is 83.1 Å². The lowest BCUT2D eigenvalue weighted by Crippen LogP contribution is -2.54. The van der Waals surface area contributed by atoms with Crippen LogP contribution in [0.3, 0.4) is 0 Å². The summed E-state index contributed by atoms with van der Waals surface area (Å²) < 4.78 is 11.8. The molecule has 2 bridgehead atoms. The van der Waals surface area contributed by atoms with Gasteiger partial charge in [0.1, 0.15) is 17.5 Å². The molecular formula is C29H35Cl2N3O5. The van der Waals surface area contributed by atoms with Crippen molar-refractivity contribution >= 4 is 41.1 Å². The minimum absolute atomic E-state index is 0.0398. The zero-order valence-corrected chi connectivity index (χ0v) is 24.2. The number of benzene rings is 1. The highest BCUT2D eigenvalue weighted by Gasteiger charge is 2.53. The fourth-order valence-electron chi connectivity index (χ4n) is 6.29. The first-order chi connectivity index (χ1) is 18.4. The molecule has 3 aliphatic rings. The molecule has 2 aromatic rings. The van der Waals surface area contributed by atoms with Gasteiger partial charge in [-0.25, -0.2) is 9.78 Å². The summed E-state index contributed by atoms with van der Waals surface area (Å²) in [6.45, 7) is 8.81. The molecule has 0 radical (unpaired) electrons. The van der Waals surface area contributed by atoms with Gasteiger partial charge in [-0.2, -0.15) is 0 Å². The van der Waals surface area contributed by atoms with Crippen molar-refractivity contribution in [3.63, 3.8) is 0 Å². The third kappa shape index (κ3) is 5.78. The maximum Gasteiger partial charge on any atom is 0.410 e. The molecule has 0 unspecified atom stereocenters. The number of aromatic nitrogens is 1. The number of nitrogens with zero attached hydrogens (tertiary/aromatic N) is 3. The van der Waals surface area contributed by atoms with Crippen LogP contribution in [0.5, 0.6) is 5.75 Å². The van der Waals surface area contributed by atoms with Crippen molar-refractivity contribution in [3.05, 3.63) is 51.6 Å². The molecule has 5 atom stereocenters. The first-order valence-corrected chi connectivity index (χ1v) is 14.2. The Bertz CT molecular complexity index is 1230. The smallest absolute Gasteiger partial charge is 0.410 e. The van der Waals surface area contributed by atoms with Crippen LogP contribution in [0, 0.1) is 12.8 Å². The second-order valence-corrected chi connectivity index (χ2v) is 12.7. The van der Waals surface area contributed by atoms with E-state index in [0.717, 1.165) is 36.3 Å². The predicted molar refractivity (Wildman–Crippen MR) is 150 cm³/mol. The van der Waals surface area contributed by atoms with Crippen LogP contribution < -0.4 is 9.64 Å². The first kappa shape index (κ1) is 27.8. The Morgan fingerprint density at radius 3 is 2.44 bits per heavy atom. The number of aryl methyl sites for hydroxylation is 1. The average molecular weight is 577 g/mol. The third-order valence-corrected chi connectivity index (χ3v) is 8.47. The molecule has 5 rings (SSSR count). The van der Waals surface area contributed by atoms with Gasteiger partial charge in [-0.1, -0.05) is 29.3 Å². The standard InChI is InChI=1S/C29H35Cl2N3O5/c1-16-11-21(30)26(22(31)12-16)38-19-9-10-33(15-19)24-8-5-17(14-32-24)20-13-18-6-7-23(25(20)27(35)36)34(18)28(37)39-29(2,3)4/h5,8,11-12,14,18-20,23,25H,6-7,9-10,13,15H2,1-4H3,(H,35,36)/t18-,19+,20-,23+,25-/m0/s1. The van der Waals surface area contributed by atoms with Crippen molar-refractivity contribution in [2.75, 3.05) is 18.0 Å². The maximum absolute atomic E-state index is 12.9. The Balaban J connectivity index is 1.27. The number of amides is 1. The number of carbonyl (C=O) groups is 2. The number of carbonyl (C=O) groups excluding carboxylic acids is 1. The van der Waals surface area contributed by atoms with E-state index in [1.54, 1.807) is 11.1 Å². The van der Waals surface area contributed by atoms with E-state index in [2.05, 4.69) is 4.90 Å². The van der Waals surface area contributed by atoms with Gasteiger partial charge in [0.05, 0.1) is 22.5 Å². The number of rotatable bonds is 5. The van der Waals surface area contributed by atoms with E-state index in [1.807, 2.05) is 52.0 Å². The molecule has 210 valence electrons. The monoisotopic (exact) mass is 575 g/mol. The van der Waals surface area contributed by atoms with Crippen LogP contribution in [0.15, 0.2) is 30.5 Å². The lowest BCUT2D eigenvalue weighted by Gasteiger charge is -2.43. The molecule has 1 amide bonds. The summed E-state index contributed by atoms with van der Waals surface area (Å²) in [5, 5.41) is 11.2. The van der Waals surface area contributed by atoms with Gasteiger partial charge in [-0.15, -0.1) is 0 Å². The minimum atomic E-state index is -0.893. The molecule has 0 spiro atoms. The zero-order valence-electron chi connectivity index (χ0n) is 22.7. The third-order valence-electron chi connectivity index (χ3n) is 7.90. The molecule has 1 aromatic heterocycles. The molecule has 4 heterocycles. The van der Waals surface area contributed by atoms with E-state index in [1.165, 1.54) is 0 Å². The van der Waals surface area contributed by atoms with Gasteiger partial charge >= 0.3 is 12.1 Å². The van der Waals surface area contributed by atoms with E-state index < -0.39 is 29.6 Å². The molecule has 8 nitrogen and oxygen atoms in total. The number of carboxylic acids is 1. The molecule has 10 heteroatoms. The lowest BCUT2D eigenvalue weighted by atomic mass is 9.76. The Hall–Kier alpha value is -2.71. The van der Waals surface area contributed by atoms with E-state index in [0.29, 0.717) is 35.2 Å². The Morgan fingerprint density at radius 1 is 1.10 bits per heavy atom. The highest BCUT2D eigenvalue weighted by molar-refractivity contribution is 6.37. The number of piperidine rings is 1. The normalized spacial score (nSPS) is 26.6. The summed E-state index contributed by atoms with van der Waals surface area (Å²) in [5.74, 6) is -0.507. The summed E-state index contributed by atoms with van der Waals surface area (Å²) in [5.41, 5.74) is 1.23. The Labute approximate surface area is 239 Å². The number of hydrogen-bond acceptors (Lipinski definition) is 6. The van der Waals surface area contributed by atoms with Crippen LogP contribution in [0.2, 0.25) is 10.0 Å². The second kappa shape index (κ2) is 10.7. The van der Waals surface area contributed by atoms with Gasteiger partial charge in [-0.3, -0.25) is 4.79 Å². The number of ether oxygens (including phenoxy) is 2. The molecule has 1 aromatic carbocycles. The molecule has 0 aliphatic carbocycles. The van der Waals surface area contributed by atoms with Gasteiger partial charge < -0.3 is 24.4 Å². The molecule has 3 saturated heterocycles. The maximum atomic E-state index is 12.9. The van der Waals surface area contributed by atoms with Crippen molar-refractivity contribution in [3.8, 4) is 5.75 Å². The number of anilines is 1. The van der Waals surface area contributed by atoms with Gasteiger partial charge in [0.15, 0.2) is 5.75 Å². The SMILES string of the molecule is Cc1cc(Cl)c(O[C@@H]2CCN(c3ccc([C@@H]4C[C@@H]5CC[C@H]([C@H]4C(=O)O)N5C(=O)OC(C)(C)C)cn3)C2)c(Cl)c1. The summed E-state index contributed by atoms with van der Waals surface area (Å²) in [7, 11) is 0. The second-order valence-electron chi connectivity index (χ2n) is 11.9. The summed E-state index contributed by atoms with van der Waals surface area (Å²) in [6.07, 6.45) is 4.11. The molecule has 3 fully saturated rings. The minimum Gasteiger partial charge on any atom is -0.485 e. The van der Waals surface area contributed by atoms with Gasteiger partial charge in [0.2, 0.25) is 0 Å². The number of aliphatic carboxylic acids is 1. The topological polar surface area (TPSA) is 92.2 Å². The van der Waals surface area contributed by atoms with E-state index in [-0.39, 0.29) is 18.1 Å². The molecule has 3 aliphatic heterocycles. The number of pyridine rings is 1. The molecule has 0 saturated carbocycles. The fourth-order valence-corrected chi connectivity index (χ4v) is 6.97. The van der Waals surface area contributed by atoms with Crippen LogP contribution in [0.25, 0.3) is 0 Å². The van der Waals surface area contributed by atoms with Crippen LogP contribution in [0.4, 0.5) is 10.6 Å². The van der Waals surface area contributed by atoms with E-state index in [4.69, 9.17) is 37.7 Å². The number of carboxylic acid groups (broad SMARTS) is 1. The molecular weight excluding hydrogens is 541 g/mol. The van der Waals surface area contributed by atoms with Gasteiger partial charge in [0, 0.05) is 37.2 Å². The summed E-state index contributed by atoms with van der Waals surface area (Å²) in [6, 6.07) is 7.17. The van der Waals surface area contributed by atoms with Crippen LogP contribution in [0.1, 0.15) is 63.5 Å². The van der Waals surface area contributed by atoms with E-state index >= 15 is 0 Å². The zero-order chi connectivity index (χ0) is 28.1. The van der Waals surface area contributed by atoms with Gasteiger partial charge in [-0.05, 0) is 76.3 Å². The van der Waals surface area contributed by atoms with Crippen LogP contribution in [-0.4, -0.2) is 63.9 Å². The lowest BCUT2D eigenvalue weighted by molar-refractivity contribution is -0.146. The van der Waals surface area contributed by atoms with Crippen molar-refractivity contribution in [2.24, 2.45) is 5.92 Å². The van der Waals surface area contributed by atoms with Crippen molar-refractivity contribution in [1.29, 1.82) is 0 Å². The quantitative estimate of drug-likeness (QED) is 0.446. The number of fused-ring (bicyclic) bond motifs is 2. The number of halogens is 2. The van der Waals surface area contributed by atoms with E-state index in [9.17, 15) is 14.7 Å². The Morgan fingerprint density at radius 2 is 1.82 bits per heavy atom. The largest absolute Gasteiger partial charge is 0.485 e. The Kier molecular flexibility index (Phi) is 7.63. The molecule has 1 N–H and O–H groups in total. The summed E-state index contributed by atoms with van der Waals surface area (Å²) >= 11 is 12.7. The van der Waals surface area contributed by atoms with Gasteiger partial charge in [0.25, 0.3) is 0 Å². The predicted octanol–water partition coefficient (Wildman–Crippen LogP) is 6.31. The average Bonchev–Trinajstić information content (AvgIpc) is 3.43. The highest BCUT2D eigenvalue weighted by atomic mass is 35.5. The number of hydrogen-bond donors (Lipinski definition) is 1. The highest BCUT2D eigenvalue weighted by Crippen LogP contribution is 2.47. The molecule has 39 heavy (non-hydrogen) atoms. The fraction of sp³-hybridized carbons (Fsp3) is 0.552. The first-order valence-electron chi connectivity index (χ1n) is 13.5. The van der Waals surface area contributed by atoms with Crippen LogP contribution >= 0.6 is 23.2 Å². The van der Waals surface area contributed by atoms with Crippen molar-refractivity contribution < 1.29 is 24.2 Å². The van der Waals surface area contributed by atoms with Crippen molar-refractivity contribution in [1.82, 2.24) is 9.88 Å². The van der Waals surface area contributed by atoms with Crippen LogP contribution in [-0.2, 0) is 9.53 Å². The summed E-state index contributed by atoms with van der Waals surface area (Å²) in [4.78, 5) is 33.9.